The number of aromatic nitrogens is 6. The van der Waals surface area contributed by atoms with Crippen LogP contribution in [-0.4, -0.2) is 111 Å². The zero-order valence-corrected chi connectivity index (χ0v) is 33.7. The lowest BCUT2D eigenvalue weighted by Gasteiger charge is -2.08. The third-order valence-corrected chi connectivity index (χ3v) is 8.03. The first-order valence-electron chi connectivity index (χ1n) is 18.4. The van der Waals surface area contributed by atoms with Gasteiger partial charge in [0, 0.05) is 27.1 Å². The van der Waals surface area contributed by atoms with Crippen LogP contribution in [0.3, 0.4) is 0 Å². The highest BCUT2D eigenvalue weighted by atomic mass is 16.5. The molecule has 0 spiro atoms. The zero-order chi connectivity index (χ0) is 38.6. The predicted molar refractivity (Wildman–Crippen MR) is 203 cm³/mol. The Bertz CT molecular complexity index is 1360. The molecule has 0 unspecified atom stereocenters. The van der Waals surface area contributed by atoms with Crippen molar-refractivity contribution in [3.63, 3.8) is 0 Å². The lowest BCUT2D eigenvalue weighted by Crippen LogP contribution is -2.41. The Labute approximate surface area is 319 Å². The highest BCUT2D eigenvalue weighted by Crippen LogP contribution is 2.22. The SMILES string of the molecule is CCc1[nH][n+](CCOCCOCCOC)c(CC)c1N=O.CCc1[nH][nH+]c(CC)c1N=O.CCc1nn(CCOCCOCCOC)c(CC)c1N.[OH-].[OH-]. The molecule has 312 valence electrons. The largest absolute Gasteiger partial charge is 0.870 e. The Morgan fingerprint density at radius 1 is 0.685 bits per heavy atom. The van der Waals surface area contributed by atoms with Gasteiger partial charge in [-0.2, -0.15) is 15.3 Å². The fourth-order valence-corrected chi connectivity index (χ4v) is 5.18. The van der Waals surface area contributed by atoms with E-state index in [1.54, 1.807) is 14.2 Å². The van der Waals surface area contributed by atoms with Gasteiger partial charge in [0.2, 0.25) is 22.8 Å². The maximum absolute atomic E-state index is 10.9. The number of ether oxygens (including phenoxy) is 6. The number of nitrogens with two attached hydrogens (primary N) is 1. The molecule has 0 atom stereocenters. The maximum atomic E-state index is 10.9. The molecule has 0 aliphatic carbocycles. The Kier molecular flexibility index (Phi) is 31.8. The van der Waals surface area contributed by atoms with Gasteiger partial charge in [-0.1, -0.05) is 41.5 Å². The van der Waals surface area contributed by atoms with Crippen molar-refractivity contribution in [3.8, 4) is 0 Å². The van der Waals surface area contributed by atoms with Crippen molar-refractivity contribution < 1.29 is 49.2 Å². The summed E-state index contributed by atoms with van der Waals surface area (Å²) in [5.74, 6) is 0. The van der Waals surface area contributed by atoms with Crippen LogP contribution in [0.4, 0.5) is 17.1 Å². The Morgan fingerprint density at radius 2 is 1.22 bits per heavy atom. The van der Waals surface area contributed by atoms with Crippen molar-refractivity contribution in [1.82, 2.24) is 20.0 Å². The van der Waals surface area contributed by atoms with E-state index in [1.165, 1.54) is 0 Å². The number of aryl methyl sites for hydroxylation is 4. The molecule has 19 heteroatoms. The maximum Gasteiger partial charge on any atom is 0.236 e. The predicted octanol–water partition coefficient (Wildman–Crippen LogP) is 3.77. The summed E-state index contributed by atoms with van der Waals surface area (Å²) < 4.78 is 35.4. The van der Waals surface area contributed by atoms with Gasteiger partial charge in [-0.3, -0.25) is 4.68 Å². The molecule has 19 nitrogen and oxygen atoms in total. The molecule has 0 fully saturated rings. The summed E-state index contributed by atoms with van der Waals surface area (Å²) in [5.41, 5.74) is 13.7. The van der Waals surface area contributed by atoms with E-state index in [0.29, 0.717) is 84.0 Å². The third kappa shape index (κ3) is 18.1. The highest BCUT2D eigenvalue weighted by molar-refractivity contribution is 5.48. The summed E-state index contributed by atoms with van der Waals surface area (Å²) in [6.07, 6.45) is 4.88. The topological polar surface area (TPSA) is 268 Å². The second kappa shape index (κ2) is 32.7. The van der Waals surface area contributed by atoms with Crippen LogP contribution in [0.15, 0.2) is 10.4 Å². The zero-order valence-electron chi connectivity index (χ0n) is 33.7. The molecule has 54 heavy (non-hydrogen) atoms. The Morgan fingerprint density at radius 3 is 1.69 bits per heavy atom. The van der Waals surface area contributed by atoms with Crippen molar-refractivity contribution in [3.05, 3.63) is 44.0 Å². The second-order valence-electron chi connectivity index (χ2n) is 11.4. The van der Waals surface area contributed by atoms with Crippen LogP contribution < -0.4 is 15.5 Å². The molecule has 3 heterocycles. The number of methoxy groups -OCH3 is 2. The highest BCUT2D eigenvalue weighted by Gasteiger charge is 2.23. The van der Waals surface area contributed by atoms with Gasteiger partial charge in [-0.05, 0) is 36.0 Å². The molecule has 0 aromatic carbocycles. The van der Waals surface area contributed by atoms with Gasteiger partial charge in [0.25, 0.3) is 0 Å². The molecule has 0 aliphatic rings. The van der Waals surface area contributed by atoms with Crippen LogP contribution in [0.25, 0.3) is 0 Å². The minimum atomic E-state index is 0. The first kappa shape index (κ1) is 52.4. The smallest absolute Gasteiger partial charge is 0.236 e. The monoisotopic (exact) mass is 774 g/mol. The number of aromatic amines is 3. The number of nitrogen functional groups attached to an aromatic ring is 1. The van der Waals surface area contributed by atoms with Gasteiger partial charge in [-0.15, -0.1) is 19.6 Å². The molecule has 7 N–H and O–H groups in total. The van der Waals surface area contributed by atoms with Crippen LogP contribution in [0, 0.1) is 9.81 Å². The molecule has 0 aliphatic heterocycles. The number of hydrogen-bond donors (Lipinski definition) is 3. The van der Waals surface area contributed by atoms with Crippen molar-refractivity contribution >= 4 is 17.1 Å². The normalized spacial score (nSPS) is 10.4. The van der Waals surface area contributed by atoms with E-state index in [2.05, 4.69) is 44.6 Å². The van der Waals surface area contributed by atoms with Gasteiger partial charge in [0.15, 0.2) is 6.54 Å². The van der Waals surface area contributed by atoms with E-state index in [4.69, 9.17) is 34.2 Å². The molecule has 3 rings (SSSR count). The van der Waals surface area contributed by atoms with Crippen LogP contribution >= 0.6 is 0 Å². The number of H-pyrrole nitrogens is 3. The summed E-state index contributed by atoms with van der Waals surface area (Å²) in [7, 11) is 3.30. The minimum absolute atomic E-state index is 0. The van der Waals surface area contributed by atoms with Gasteiger partial charge < -0.3 is 45.1 Å². The molecule has 0 amide bonds. The first-order valence-corrected chi connectivity index (χ1v) is 18.4. The van der Waals surface area contributed by atoms with Crippen LogP contribution in [0.5, 0.6) is 0 Å². The van der Waals surface area contributed by atoms with Gasteiger partial charge in [0.1, 0.15) is 18.0 Å². The van der Waals surface area contributed by atoms with Crippen molar-refractivity contribution in [2.45, 2.75) is 93.2 Å². The average Bonchev–Trinajstić information content (AvgIpc) is 3.85. The van der Waals surface area contributed by atoms with Crippen molar-refractivity contribution in [2.75, 3.05) is 86.0 Å². The molecular weight excluding hydrogens is 706 g/mol. The Balaban J connectivity index is 0. The van der Waals surface area contributed by atoms with Crippen molar-refractivity contribution in [2.24, 2.45) is 10.4 Å². The number of rotatable bonds is 26. The number of anilines is 1. The lowest BCUT2D eigenvalue weighted by atomic mass is 10.2. The van der Waals surface area contributed by atoms with E-state index in [9.17, 15) is 9.81 Å². The first-order chi connectivity index (χ1) is 25.3. The fraction of sp³-hybridized carbons (Fsp3) is 0.743. The molecule has 0 saturated heterocycles. The second-order valence-corrected chi connectivity index (χ2v) is 11.4. The Hall–Kier alpha value is -3.69. The summed E-state index contributed by atoms with van der Waals surface area (Å²) >= 11 is 0. The van der Waals surface area contributed by atoms with Crippen molar-refractivity contribution in [1.29, 1.82) is 0 Å². The van der Waals surface area contributed by atoms with Gasteiger partial charge in [-0.25, -0.2) is 0 Å². The van der Waals surface area contributed by atoms with E-state index < -0.39 is 0 Å². The van der Waals surface area contributed by atoms with Crippen LogP contribution in [0.1, 0.15) is 75.7 Å². The number of nitrogens with one attached hydrogen (secondary N) is 3. The van der Waals surface area contributed by atoms with Crippen LogP contribution in [-0.2, 0) is 80.0 Å². The third-order valence-electron chi connectivity index (χ3n) is 8.03. The summed E-state index contributed by atoms with van der Waals surface area (Å²) in [6, 6.07) is 0. The van der Waals surface area contributed by atoms with E-state index in [1.807, 2.05) is 37.1 Å². The average molecular weight is 774 g/mol. The summed E-state index contributed by atoms with van der Waals surface area (Å²) in [5, 5.41) is 19.7. The summed E-state index contributed by atoms with van der Waals surface area (Å²) in [6.45, 7) is 19.4. The lowest BCUT2D eigenvalue weighted by molar-refractivity contribution is -0.757. The molecular formula is C35H67N9O10. The molecule has 0 radical (unpaired) electrons. The quantitative estimate of drug-likeness (QED) is 0.0598. The molecule has 3 aromatic rings. The van der Waals surface area contributed by atoms with E-state index in [-0.39, 0.29) is 11.0 Å². The number of nitrogens with zero attached hydrogens (tertiary/aromatic N) is 5. The van der Waals surface area contributed by atoms with Gasteiger partial charge in [0.05, 0.1) is 83.1 Å². The number of hydrogen-bond acceptors (Lipinski definition) is 14. The summed E-state index contributed by atoms with van der Waals surface area (Å²) in [4.78, 5) is 21.3. The molecule has 3 aromatic heterocycles. The van der Waals surface area contributed by atoms with Gasteiger partial charge >= 0.3 is 0 Å². The molecule has 0 bridgehead atoms. The fourth-order valence-electron chi connectivity index (χ4n) is 5.18. The standard InChI is InChI=1S/C14H25N3O4.C14H27N3O3.C7H11N3O.2H2O/c1-4-12-14(16-18)13(5-2)17(15-12)6-7-20-10-11-21-9-8-19-3;1-4-12-14(15)13(5-2)17(16-12)6-7-19-10-11-20-9-8-18-3;1-3-5-7(10-11)6(4-2)9-8-5;;/h4-11H2,1-3H3;4-11,15H2,1-3H3;3-4H2,1-2H3,(H,8,9);2*1H2. The number of nitroso groups, excluding NO2 is 2. The van der Waals surface area contributed by atoms with Crippen LogP contribution in [0.2, 0.25) is 0 Å². The van der Waals surface area contributed by atoms with E-state index in [0.717, 1.165) is 84.9 Å². The minimum Gasteiger partial charge on any atom is -0.870 e. The van der Waals surface area contributed by atoms with E-state index >= 15 is 0 Å². The molecule has 0 saturated carbocycles.